The summed E-state index contributed by atoms with van der Waals surface area (Å²) in [6.07, 6.45) is 3.55. The molecule has 1 rings (SSSR count). The van der Waals surface area contributed by atoms with E-state index in [1.54, 1.807) is 0 Å². The molecule has 0 unspecified atom stereocenters. The summed E-state index contributed by atoms with van der Waals surface area (Å²) in [4.78, 5) is 11.3. The fraction of sp³-hybridized carbons (Fsp3) is 0.588. The highest BCUT2D eigenvalue weighted by Crippen LogP contribution is 2.48. The molecular formula is C17H26O2. The van der Waals surface area contributed by atoms with Crippen LogP contribution >= 0.6 is 0 Å². The molecule has 0 aromatic heterocycles. The van der Waals surface area contributed by atoms with Crippen molar-refractivity contribution in [3.05, 3.63) is 36.0 Å². The zero-order chi connectivity index (χ0) is 14.8. The second kappa shape index (κ2) is 5.77. The van der Waals surface area contributed by atoms with E-state index in [-0.39, 0.29) is 17.5 Å². The molecule has 1 saturated carbocycles. The lowest BCUT2D eigenvalue weighted by Gasteiger charge is -2.44. The number of carbonyl (C=O) groups excluding carboxylic acids is 1. The minimum Gasteiger partial charge on any atom is -0.458 e. The van der Waals surface area contributed by atoms with Crippen LogP contribution in [0, 0.1) is 11.3 Å². The third kappa shape index (κ3) is 3.37. The van der Waals surface area contributed by atoms with Gasteiger partial charge in [0.2, 0.25) is 0 Å². The first-order valence-electron chi connectivity index (χ1n) is 6.83. The molecule has 2 heteroatoms. The van der Waals surface area contributed by atoms with Gasteiger partial charge in [-0.25, -0.2) is 0 Å². The van der Waals surface area contributed by atoms with E-state index in [0.29, 0.717) is 5.92 Å². The summed E-state index contributed by atoms with van der Waals surface area (Å²) in [5.74, 6) is 0.144. The van der Waals surface area contributed by atoms with E-state index in [1.807, 2.05) is 6.08 Å². The van der Waals surface area contributed by atoms with Crippen molar-refractivity contribution in [1.29, 1.82) is 0 Å². The lowest BCUT2D eigenvalue weighted by Crippen LogP contribution is -2.39. The van der Waals surface area contributed by atoms with E-state index < -0.39 is 0 Å². The van der Waals surface area contributed by atoms with Crippen molar-refractivity contribution in [2.45, 2.75) is 53.6 Å². The maximum absolute atomic E-state index is 11.3. The quantitative estimate of drug-likeness (QED) is 0.555. The molecule has 0 aromatic carbocycles. The van der Waals surface area contributed by atoms with Gasteiger partial charge in [-0.1, -0.05) is 30.7 Å². The summed E-state index contributed by atoms with van der Waals surface area (Å²) in [6.45, 7) is 18.0. The molecule has 106 valence electrons. The highest BCUT2D eigenvalue weighted by molar-refractivity contribution is 5.66. The first kappa shape index (κ1) is 15.7. The number of carbonyl (C=O) groups is 1. The van der Waals surface area contributed by atoms with E-state index in [1.165, 1.54) is 23.6 Å². The number of ether oxygens (including phenoxy) is 1. The zero-order valence-corrected chi connectivity index (χ0v) is 12.9. The second-order valence-corrected chi connectivity index (χ2v) is 6.14. The van der Waals surface area contributed by atoms with Gasteiger partial charge in [-0.2, -0.15) is 0 Å². The number of hydrogen-bond donors (Lipinski definition) is 0. The summed E-state index contributed by atoms with van der Waals surface area (Å²) in [5, 5.41) is 0. The van der Waals surface area contributed by atoms with Crippen LogP contribution in [0.2, 0.25) is 0 Å². The summed E-state index contributed by atoms with van der Waals surface area (Å²) in [5.41, 5.74) is 3.58. The summed E-state index contributed by atoms with van der Waals surface area (Å²) in [6, 6.07) is 0. The number of esters is 1. The average molecular weight is 262 g/mol. The third-order valence-electron chi connectivity index (χ3n) is 4.25. The van der Waals surface area contributed by atoms with Gasteiger partial charge in [-0.15, -0.1) is 6.58 Å². The molecule has 1 aliphatic rings. The normalized spacial score (nSPS) is 30.7. The Morgan fingerprint density at radius 1 is 1.37 bits per heavy atom. The highest BCUT2D eigenvalue weighted by Gasteiger charge is 2.42. The molecule has 0 radical (unpaired) electrons. The SMILES string of the molecule is C=C[C@]1(C)C[C@@H](OC(C)=O)C(=C(C)C)C[C@H]1C(=C)C. The van der Waals surface area contributed by atoms with Gasteiger partial charge in [0.25, 0.3) is 0 Å². The van der Waals surface area contributed by atoms with Crippen molar-refractivity contribution in [3.8, 4) is 0 Å². The molecule has 0 bridgehead atoms. The molecule has 0 saturated heterocycles. The van der Waals surface area contributed by atoms with Crippen LogP contribution in [0.15, 0.2) is 36.0 Å². The molecule has 19 heavy (non-hydrogen) atoms. The monoisotopic (exact) mass is 262 g/mol. The van der Waals surface area contributed by atoms with Gasteiger partial charge in [-0.3, -0.25) is 4.79 Å². The van der Waals surface area contributed by atoms with Gasteiger partial charge < -0.3 is 4.74 Å². The van der Waals surface area contributed by atoms with E-state index in [2.05, 4.69) is 40.9 Å². The van der Waals surface area contributed by atoms with Gasteiger partial charge in [0, 0.05) is 6.92 Å². The molecule has 1 aliphatic carbocycles. The fourth-order valence-electron chi connectivity index (χ4n) is 3.05. The lowest BCUT2D eigenvalue weighted by atomic mass is 9.62. The lowest BCUT2D eigenvalue weighted by molar-refractivity contribution is -0.146. The molecule has 2 nitrogen and oxygen atoms in total. The Kier molecular flexibility index (Phi) is 4.78. The van der Waals surface area contributed by atoms with Crippen LogP contribution in [0.3, 0.4) is 0 Å². The predicted octanol–water partition coefficient (Wildman–Crippen LogP) is 4.43. The maximum atomic E-state index is 11.3. The molecule has 0 N–H and O–H groups in total. The number of allylic oxidation sites excluding steroid dienone is 3. The summed E-state index contributed by atoms with van der Waals surface area (Å²) >= 11 is 0. The molecule has 0 spiro atoms. The number of rotatable bonds is 3. The first-order chi connectivity index (χ1) is 8.71. The van der Waals surface area contributed by atoms with E-state index in [9.17, 15) is 4.79 Å². The van der Waals surface area contributed by atoms with Crippen LogP contribution in [0.5, 0.6) is 0 Å². The second-order valence-electron chi connectivity index (χ2n) is 6.14. The minimum atomic E-state index is -0.219. The minimum absolute atomic E-state index is 0.0646. The van der Waals surface area contributed by atoms with Gasteiger partial charge in [0.05, 0.1) is 0 Å². The Morgan fingerprint density at radius 3 is 2.32 bits per heavy atom. The van der Waals surface area contributed by atoms with Crippen LogP contribution in [0.25, 0.3) is 0 Å². The molecule has 0 heterocycles. The van der Waals surface area contributed by atoms with Crippen molar-refractivity contribution in [3.63, 3.8) is 0 Å². The van der Waals surface area contributed by atoms with Crippen molar-refractivity contribution in [2.75, 3.05) is 0 Å². The zero-order valence-electron chi connectivity index (χ0n) is 12.9. The molecule has 3 atom stereocenters. The maximum Gasteiger partial charge on any atom is 0.303 e. The van der Waals surface area contributed by atoms with Crippen molar-refractivity contribution in [2.24, 2.45) is 11.3 Å². The Labute approximate surface area is 117 Å². The van der Waals surface area contributed by atoms with E-state index in [4.69, 9.17) is 4.74 Å². The van der Waals surface area contributed by atoms with Gasteiger partial charge >= 0.3 is 5.97 Å². The van der Waals surface area contributed by atoms with Gasteiger partial charge in [0.15, 0.2) is 0 Å². The Morgan fingerprint density at radius 2 is 1.95 bits per heavy atom. The van der Waals surface area contributed by atoms with E-state index >= 15 is 0 Å². The largest absolute Gasteiger partial charge is 0.458 e. The molecule has 0 aliphatic heterocycles. The molecule has 0 amide bonds. The smallest absolute Gasteiger partial charge is 0.303 e. The first-order valence-corrected chi connectivity index (χ1v) is 6.83. The Bertz CT molecular complexity index is 427. The predicted molar refractivity (Wildman–Crippen MR) is 79.8 cm³/mol. The van der Waals surface area contributed by atoms with Crippen molar-refractivity contribution in [1.82, 2.24) is 0 Å². The molecule has 0 aromatic rings. The molecular weight excluding hydrogens is 236 g/mol. The van der Waals surface area contributed by atoms with Crippen LogP contribution in [-0.4, -0.2) is 12.1 Å². The van der Waals surface area contributed by atoms with Gasteiger partial charge in [-0.05, 0) is 50.5 Å². The molecule has 1 fully saturated rings. The van der Waals surface area contributed by atoms with Crippen LogP contribution < -0.4 is 0 Å². The van der Waals surface area contributed by atoms with Crippen LogP contribution in [0.4, 0.5) is 0 Å². The van der Waals surface area contributed by atoms with Crippen LogP contribution in [0.1, 0.15) is 47.5 Å². The fourth-order valence-corrected chi connectivity index (χ4v) is 3.05. The van der Waals surface area contributed by atoms with Crippen LogP contribution in [-0.2, 0) is 9.53 Å². The topological polar surface area (TPSA) is 26.3 Å². The third-order valence-corrected chi connectivity index (χ3v) is 4.25. The summed E-state index contributed by atoms with van der Waals surface area (Å²) in [7, 11) is 0. The average Bonchev–Trinajstić information content (AvgIpc) is 2.27. The summed E-state index contributed by atoms with van der Waals surface area (Å²) < 4.78 is 5.52. The van der Waals surface area contributed by atoms with Crippen molar-refractivity contribution >= 4 is 5.97 Å². The standard InChI is InChI=1S/C17H26O2/c1-8-17(7)10-16(19-13(6)18)14(11(2)3)9-15(17)12(4)5/h8,15-16H,1,4,9-10H2,2-3,5-7H3/t15-,16+,17+/m0/s1. The van der Waals surface area contributed by atoms with Crippen molar-refractivity contribution < 1.29 is 9.53 Å². The Hall–Kier alpha value is -1.31. The Balaban J connectivity index is 3.16. The highest BCUT2D eigenvalue weighted by atomic mass is 16.5. The van der Waals surface area contributed by atoms with E-state index in [0.717, 1.165) is 12.8 Å². The number of hydrogen-bond acceptors (Lipinski definition) is 2. The van der Waals surface area contributed by atoms with Gasteiger partial charge in [0.1, 0.15) is 6.10 Å².